The topological polar surface area (TPSA) is 12.9 Å². The lowest BCUT2D eigenvalue weighted by Gasteiger charge is -2.05. The van der Waals surface area contributed by atoms with Gasteiger partial charge in [0.05, 0.1) is 0 Å². The van der Waals surface area contributed by atoms with Crippen molar-refractivity contribution < 1.29 is 0 Å². The van der Waals surface area contributed by atoms with Crippen LogP contribution < -0.4 is 0 Å². The summed E-state index contributed by atoms with van der Waals surface area (Å²) in [4.78, 5) is 4.24. The van der Waals surface area contributed by atoms with Gasteiger partial charge in [-0.05, 0) is 44.4 Å². The maximum absolute atomic E-state index is 4.24. The maximum atomic E-state index is 4.24. The number of aryl methyl sites for hydroxylation is 2. The molecule has 1 heterocycles. The van der Waals surface area contributed by atoms with Crippen LogP contribution in [-0.4, -0.2) is 4.98 Å². The summed E-state index contributed by atoms with van der Waals surface area (Å²) in [6.45, 7) is 8.39. The van der Waals surface area contributed by atoms with Crippen LogP contribution in [0.5, 0.6) is 0 Å². The van der Waals surface area contributed by atoms with Gasteiger partial charge in [-0.2, -0.15) is 0 Å². The molecule has 0 fully saturated rings. The van der Waals surface area contributed by atoms with Crippen molar-refractivity contribution in [3.8, 4) is 0 Å². The summed E-state index contributed by atoms with van der Waals surface area (Å²) < 4.78 is 0. The van der Waals surface area contributed by atoms with Crippen molar-refractivity contribution in [2.75, 3.05) is 0 Å². The molecule has 0 saturated carbocycles. The van der Waals surface area contributed by atoms with E-state index in [1.165, 1.54) is 16.7 Å². The van der Waals surface area contributed by atoms with E-state index < -0.39 is 0 Å². The Morgan fingerprint density at radius 1 is 1.00 bits per heavy atom. The van der Waals surface area contributed by atoms with Crippen LogP contribution in [0.25, 0.3) is 0 Å². The van der Waals surface area contributed by atoms with Gasteiger partial charge < -0.3 is 0 Å². The lowest BCUT2D eigenvalue weighted by Crippen LogP contribution is -1.92. The van der Waals surface area contributed by atoms with Crippen LogP contribution >= 0.6 is 12.4 Å². The Bertz CT molecular complexity index is 229. The Labute approximate surface area is 74.3 Å². The van der Waals surface area contributed by atoms with Gasteiger partial charge in [-0.25, -0.2) is 0 Å². The van der Waals surface area contributed by atoms with Gasteiger partial charge in [-0.1, -0.05) is 0 Å². The number of hydrogen-bond donors (Lipinski definition) is 0. The van der Waals surface area contributed by atoms with Crippen molar-refractivity contribution in [2.24, 2.45) is 0 Å². The van der Waals surface area contributed by atoms with E-state index in [-0.39, 0.29) is 12.4 Å². The molecule has 0 amide bonds. The number of aromatic nitrogens is 1. The van der Waals surface area contributed by atoms with Gasteiger partial charge in [0.15, 0.2) is 0 Å². The summed E-state index contributed by atoms with van der Waals surface area (Å²) >= 11 is 0. The fourth-order valence-corrected chi connectivity index (χ4v) is 0.954. The molecule has 0 aliphatic rings. The standard InChI is InChI=1S/C9H13N.ClH/c1-6-5-10-9(4)8(3)7(6)2;/h5H,1-4H3;1H. The largest absolute Gasteiger partial charge is 0.261 e. The minimum atomic E-state index is 0. The number of halogens is 1. The minimum Gasteiger partial charge on any atom is -0.261 e. The summed E-state index contributed by atoms with van der Waals surface area (Å²) in [7, 11) is 0. The smallest absolute Gasteiger partial charge is 0.0404 e. The molecule has 0 unspecified atom stereocenters. The van der Waals surface area contributed by atoms with Crippen molar-refractivity contribution in [2.45, 2.75) is 27.7 Å². The second-order valence-corrected chi connectivity index (χ2v) is 2.78. The van der Waals surface area contributed by atoms with E-state index >= 15 is 0 Å². The SMILES string of the molecule is Cc1cnc(C)c(C)c1C.Cl. The van der Waals surface area contributed by atoms with Crippen molar-refractivity contribution in [3.63, 3.8) is 0 Å². The van der Waals surface area contributed by atoms with Gasteiger partial charge in [0.2, 0.25) is 0 Å². The van der Waals surface area contributed by atoms with Crippen LogP contribution in [-0.2, 0) is 0 Å². The molecule has 11 heavy (non-hydrogen) atoms. The van der Waals surface area contributed by atoms with E-state index in [9.17, 15) is 0 Å². The van der Waals surface area contributed by atoms with Crippen LogP contribution in [0, 0.1) is 27.7 Å². The quantitative estimate of drug-likeness (QED) is 0.585. The minimum absolute atomic E-state index is 0. The first kappa shape index (κ1) is 10.4. The van der Waals surface area contributed by atoms with Crippen molar-refractivity contribution >= 4 is 12.4 Å². The van der Waals surface area contributed by atoms with E-state index in [0.29, 0.717) is 0 Å². The van der Waals surface area contributed by atoms with Crippen molar-refractivity contribution in [1.29, 1.82) is 0 Å². The Balaban J connectivity index is 0.000001000. The number of rotatable bonds is 0. The predicted octanol–water partition coefficient (Wildman–Crippen LogP) is 2.74. The second kappa shape index (κ2) is 3.72. The van der Waals surface area contributed by atoms with Crippen LogP contribution in [0.3, 0.4) is 0 Å². The molecule has 0 aliphatic heterocycles. The van der Waals surface area contributed by atoms with Gasteiger partial charge in [-0.3, -0.25) is 4.98 Å². The predicted molar refractivity (Wildman–Crippen MR) is 50.4 cm³/mol. The molecule has 0 atom stereocenters. The average molecular weight is 172 g/mol. The molecular formula is C9H14ClN. The van der Waals surface area contributed by atoms with Gasteiger partial charge in [0.25, 0.3) is 0 Å². The molecule has 2 heteroatoms. The number of nitrogens with zero attached hydrogens (tertiary/aromatic N) is 1. The molecule has 1 rings (SSSR count). The van der Waals surface area contributed by atoms with E-state index in [0.717, 1.165) is 5.69 Å². The normalized spacial score (nSPS) is 9.09. The molecule has 0 radical (unpaired) electrons. The molecule has 1 aromatic heterocycles. The average Bonchev–Trinajstić information content (AvgIpc) is 1.93. The van der Waals surface area contributed by atoms with E-state index in [1.807, 2.05) is 13.1 Å². The Kier molecular flexibility index (Phi) is 3.53. The molecule has 0 bridgehead atoms. The molecule has 62 valence electrons. The molecule has 0 saturated heterocycles. The maximum Gasteiger partial charge on any atom is 0.0404 e. The highest BCUT2D eigenvalue weighted by Crippen LogP contribution is 2.12. The van der Waals surface area contributed by atoms with Gasteiger partial charge in [0.1, 0.15) is 0 Å². The fourth-order valence-electron chi connectivity index (χ4n) is 0.954. The zero-order valence-corrected chi connectivity index (χ0v) is 8.25. The van der Waals surface area contributed by atoms with Gasteiger partial charge in [-0.15, -0.1) is 12.4 Å². The van der Waals surface area contributed by atoms with E-state index in [1.54, 1.807) is 0 Å². The van der Waals surface area contributed by atoms with Gasteiger partial charge in [0, 0.05) is 11.9 Å². The van der Waals surface area contributed by atoms with Gasteiger partial charge >= 0.3 is 0 Å². The van der Waals surface area contributed by atoms with E-state index in [4.69, 9.17) is 0 Å². The van der Waals surface area contributed by atoms with Crippen molar-refractivity contribution in [3.05, 3.63) is 28.6 Å². The van der Waals surface area contributed by atoms with Crippen LogP contribution in [0.1, 0.15) is 22.4 Å². The zero-order valence-electron chi connectivity index (χ0n) is 7.43. The fraction of sp³-hybridized carbons (Fsp3) is 0.444. The zero-order chi connectivity index (χ0) is 7.72. The highest BCUT2D eigenvalue weighted by Gasteiger charge is 1.98. The molecular weight excluding hydrogens is 158 g/mol. The second-order valence-electron chi connectivity index (χ2n) is 2.78. The van der Waals surface area contributed by atoms with Crippen LogP contribution in [0.4, 0.5) is 0 Å². The Morgan fingerprint density at radius 3 is 2.00 bits per heavy atom. The molecule has 1 aromatic rings. The lowest BCUT2D eigenvalue weighted by molar-refractivity contribution is 1.09. The molecule has 1 nitrogen and oxygen atoms in total. The molecule has 0 N–H and O–H groups in total. The molecule has 0 aliphatic carbocycles. The third-order valence-electron chi connectivity index (χ3n) is 2.15. The monoisotopic (exact) mass is 171 g/mol. The summed E-state index contributed by atoms with van der Waals surface area (Å²) in [6.07, 6.45) is 1.93. The first-order valence-electron chi connectivity index (χ1n) is 3.52. The highest BCUT2D eigenvalue weighted by molar-refractivity contribution is 5.85. The Hall–Kier alpha value is -0.560. The summed E-state index contributed by atoms with van der Waals surface area (Å²) in [5.41, 5.74) is 5.11. The first-order valence-corrected chi connectivity index (χ1v) is 3.52. The van der Waals surface area contributed by atoms with Crippen molar-refractivity contribution in [1.82, 2.24) is 4.98 Å². The first-order chi connectivity index (χ1) is 4.63. The third-order valence-corrected chi connectivity index (χ3v) is 2.15. The molecule has 0 aromatic carbocycles. The summed E-state index contributed by atoms with van der Waals surface area (Å²) in [6, 6.07) is 0. The third kappa shape index (κ3) is 1.93. The highest BCUT2D eigenvalue weighted by atomic mass is 35.5. The Morgan fingerprint density at radius 2 is 1.55 bits per heavy atom. The summed E-state index contributed by atoms with van der Waals surface area (Å²) in [5, 5.41) is 0. The lowest BCUT2D eigenvalue weighted by atomic mass is 10.1. The van der Waals surface area contributed by atoms with E-state index in [2.05, 4.69) is 25.8 Å². The van der Waals surface area contributed by atoms with Crippen LogP contribution in [0.15, 0.2) is 6.20 Å². The van der Waals surface area contributed by atoms with Crippen LogP contribution in [0.2, 0.25) is 0 Å². The number of pyridine rings is 1. The summed E-state index contributed by atoms with van der Waals surface area (Å²) in [5.74, 6) is 0. The number of hydrogen-bond acceptors (Lipinski definition) is 1. The molecule has 0 spiro atoms.